The standard InChI is InChI=1S/C23H16ClF2NO5/c1-11-3-7-18(32-11)20-19(21(28)12-4-8-17(31-2)14(24)9-12)22(29)23(30)27(20)16-6-5-13(25)10-15(16)26/h3-10,20,28H,1-2H3/b21-19-. The topological polar surface area (TPSA) is 80.0 Å². The number of nitrogens with zero attached hydrogens (tertiary/aromatic N) is 1. The van der Waals surface area contributed by atoms with Crippen LogP contribution in [0.4, 0.5) is 14.5 Å². The first-order chi connectivity index (χ1) is 15.2. The molecule has 0 radical (unpaired) electrons. The number of halogens is 3. The Bertz CT molecular complexity index is 1280. The van der Waals surface area contributed by atoms with Crippen molar-refractivity contribution in [1.29, 1.82) is 0 Å². The molecule has 1 amide bonds. The van der Waals surface area contributed by atoms with Gasteiger partial charge in [-0.3, -0.25) is 14.5 Å². The molecule has 6 nitrogen and oxygen atoms in total. The maximum absolute atomic E-state index is 14.6. The van der Waals surface area contributed by atoms with Gasteiger partial charge in [-0.1, -0.05) is 11.6 Å². The summed E-state index contributed by atoms with van der Waals surface area (Å²) < 4.78 is 38.8. The summed E-state index contributed by atoms with van der Waals surface area (Å²) in [7, 11) is 1.42. The van der Waals surface area contributed by atoms with Gasteiger partial charge in [-0.15, -0.1) is 0 Å². The number of ketones is 1. The SMILES string of the molecule is COc1ccc(/C(O)=C2/C(=O)C(=O)N(c3ccc(F)cc3F)C2c2ccc(C)o2)cc1Cl. The van der Waals surface area contributed by atoms with Gasteiger partial charge >= 0.3 is 0 Å². The summed E-state index contributed by atoms with van der Waals surface area (Å²) in [6.07, 6.45) is 0. The van der Waals surface area contributed by atoms with Gasteiger partial charge in [0.25, 0.3) is 11.7 Å². The first-order valence-electron chi connectivity index (χ1n) is 9.39. The van der Waals surface area contributed by atoms with Gasteiger partial charge in [0.2, 0.25) is 0 Å². The number of aryl methyl sites for hydroxylation is 1. The monoisotopic (exact) mass is 459 g/mol. The lowest BCUT2D eigenvalue weighted by Gasteiger charge is -2.23. The number of carbonyl (C=O) groups excluding carboxylic acids is 2. The summed E-state index contributed by atoms with van der Waals surface area (Å²) in [4.78, 5) is 26.7. The highest BCUT2D eigenvalue weighted by molar-refractivity contribution is 6.51. The lowest BCUT2D eigenvalue weighted by Crippen LogP contribution is -2.30. The Morgan fingerprint density at radius 3 is 2.47 bits per heavy atom. The van der Waals surface area contributed by atoms with Gasteiger partial charge in [0.05, 0.1) is 23.4 Å². The van der Waals surface area contributed by atoms with Crippen LogP contribution in [0.15, 0.2) is 58.5 Å². The predicted molar refractivity (Wildman–Crippen MR) is 113 cm³/mol. The smallest absolute Gasteiger partial charge is 0.300 e. The third-order valence-electron chi connectivity index (χ3n) is 5.07. The molecular weight excluding hydrogens is 444 g/mol. The van der Waals surface area contributed by atoms with Crippen LogP contribution in [0.3, 0.4) is 0 Å². The number of rotatable bonds is 4. The summed E-state index contributed by atoms with van der Waals surface area (Å²) in [5.41, 5.74) is -0.518. The third-order valence-corrected chi connectivity index (χ3v) is 5.36. The minimum atomic E-state index is -1.29. The van der Waals surface area contributed by atoms with Gasteiger partial charge in [0.15, 0.2) is 0 Å². The summed E-state index contributed by atoms with van der Waals surface area (Å²) in [6.45, 7) is 1.65. The van der Waals surface area contributed by atoms with Gasteiger partial charge in [0, 0.05) is 11.6 Å². The van der Waals surface area contributed by atoms with E-state index in [4.69, 9.17) is 20.8 Å². The van der Waals surface area contributed by atoms with E-state index in [1.165, 1.54) is 31.4 Å². The van der Waals surface area contributed by atoms with E-state index in [2.05, 4.69) is 0 Å². The summed E-state index contributed by atoms with van der Waals surface area (Å²) in [6, 6.07) is 8.73. The van der Waals surface area contributed by atoms with Crippen molar-refractivity contribution in [3.05, 3.63) is 87.8 Å². The summed E-state index contributed by atoms with van der Waals surface area (Å²) >= 11 is 6.14. The first-order valence-corrected chi connectivity index (χ1v) is 9.77. The van der Waals surface area contributed by atoms with E-state index < -0.39 is 35.1 Å². The van der Waals surface area contributed by atoms with Crippen molar-refractivity contribution in [2.75, 3.05) is 12.0 Å². The molecule has 0 aliphatic carbocycles. The van der Waals surface area contributed by atoms with Gasteiger partial charge < -0.3 is 14.3 Å². The van der Waals surface area contributed by atoms with Crippen LogP contribution < -0.4 is 9.64 Å². The molecule has 0 saturated carbocycles. The molecule has 2 heterocycles. The highest BCUT2D eigenvalue weighted by Gasteiger charge is 2.49. The fourth-order valence-corrected chi connectivity index (χ4v) is 3.85. The van der Waals surface area contributed by atoms with Crippen LogP contribution in [0.5, 0.6) is 5.75 Å². The average molecular weight is 460 g/mol. The van der Waals surface area contributed by atoms with Crippen molar-refractivity contribution in [2.24, 2.45) is 0 Å². The number of hydrogen-bond donors (Lipinski definition) is 1. The highest BCUT2D eigenvalue weighted by Crippen LogP contribution is 2.43. The molecule has 1 saturated heterocycles. The molecule has 1 unspecified atom stereocenters. The van der Waals surface area contributed by atoms with E-state index in [0.717, 1.165) is 17.0 Å². The molecule has 1 aromatic heterocycles. The average Bonchev–Trinajstić information content (AvgIpc) is 3.29. The second-order valence-electron chi connectivity index (χ2n) is 7.06. The van der Waals surface area contributed by atoms with Crippen LogP contribution in [0.25, 0.3) is 5.76 Å². The second kappa shape index (κ2) is 8.12. The maximum Gasteiger partial charge on any atom is 0.300 e. The fourth-order valence-electron chi connectivity index (χ4n) is 3.60. The van der Waals surface area contributed by atoms with Crippen molar-refractivity contribution in [2.45, 2.75) is 13.0 Å². The Morgan fingerprint density at radius 1 is 1.12 bits per heavy atom. The van der Waals surface area contributed by atoms with E-state index >= 15 is 0 Å². The number of hydrogen-bond acceptors (Lipinski definition) is 5. The molecule has 0 spiro atoms. The van der Waals surface area contributed by atoms with E-state index in [-0.39, 0.29) is 27.6 Å². The maximum atomic E-state index is 14.6. The zero-order valence-electron chi connectivity index (χ0n) is 16.9. The molecule has 1 aliphatic rings. The van der Waals surface area contributed by atoms with Gasteiger partial charge in [-0.25, -0.2) is 8.78 Å². The number of methoxy groups -OCH3 is 1. The van der Waals surface area contributed by atoms with E-state index in [0.29, 0.717) is 17.6 Å². The lowest BCUT2D eigenvalue weighted by molar-refractivity contribution is -0.132. The number of benzene rings is 2. The molecule has 1 fully saturated rings. The van der Waals surface area contributed by atoms with Crippen molar-refractivity contribution in [1.82, 2.24) is 0 Å². The van der Waals surface area contributed by atoms with Crippen molar-refractivity contribution >= 4 is 34.7 Å². The van der Waals surface area contributed by atoms with Gasteiger partial charge in [0.1, 0.15) is 40.7 Å². The number of ether oxygens (including phenoxy) is 1. The Morgan fingerprint density at radius 2 is 1.88 bits per heavy atom. The molecule has 1 N–H and O–H groups in total. The molecule has 9 heteroatoms. The number of anilines is 1. The fraction of sp³-hybridized carbons (Fsp3) is 0.130. The van der Waals surface area contributed by atoms with Crippen LogP contribution in [0.1, 0.15) is 23.1 Å². The van der Waals surface area contributed by atoms with E-state index in [1.807, 2.05) is 0 Å². The molecule has 164 valence electrons. The van der Waals surface area contributed by atoms with Crippen molar-refractivity contribution in [3.8, 4) is 5.75 Å². The Hall–Kier alpha value is -3.65. The molecule has 1 aliphatic heterocycles. The van der Waals surface area contributed by atoms with Crippen LogP contribution in [0.2, 0.25) is 5.02 Å². The molecular formula is C23H16ClF2NO5. The zero-order chi connectivity index (χ0) is 23.2. The Labute approximate surface area is 186 Å². The minimum Gasteiger partial charge on any atom is -0.507 e. The normalized spacial score (nSPS) is 17.8. The number of carbonyl (C=O) groups is 2. The van der Waals surface area contributed by atoms with Crippen LogP contribution in [-0.2, 0) is 9.59 Å². The number of aliphatic hydroxyl groups excluding tert-OH is 1. The number of furan rings is 1. The molecule has 1 atom stereocenters. The van der Waals surface area contributed by atoms with Crippen LogP contribution in [-0.4, -0.2) is 23.9 Å². The minimum absolute atomic E-state index is 0.117. The van der Waals surface area contributed by atoms with Crippen LogP contribution >= 0.6 is 11.6 Å². The number of Topliss-reactive ketones (excluding diaryl/α,β-unsaturated/α-hetero) is 1. The second-order valence-corrected chi connectivity index (χ2v) is 7.47. The van der Waals surface area contributed by atoms with Gasteiger partial charge in [-0.05, 0) is 49.4 Å². The molecule has 4 rings (SSSR count). The van der Waals surface area contributed by atoms with Crippen molar-refractivity contribution < 1.29 is 32.6 Å². The predicted octanol–water partition coefficient (Wildman–Crippen LogP) is 5.15. The van der Waals surface area contributed by atoms with Gasteiger partial charge in [-0.2, -0.15) is 0 Å². The van der Waals surface area contributed by atoms with Crippen LogP contribution in [0, 0.1) is 18.6 Å². The van der Waals surface area contributed by atoms with Crippen molar-refractivity contribution in [3.63, 3.8) is 0 Å². The lowest BCUT2D eigenvalue weighted by atomic mass is 9.99. The molecule has 32 heavy (non-hydrogen) atoms. The largest absolute Gasteiger partial charge is 0.507 e. The molecule has 2 aromatic carbocycles. The number of aliphatic hydroxyl groups is 1. The highest BCUT2D eigenvalue weighted by atomic mass is 35.5. The Balaban J connectivity index is 1.95. The summed E-state index contributed by atoms with van der Waals surface area (Å²) in [5.74, 6) is -3.65. The zero-order valence-corrected chi connectivity index (χ0v) is 17.6. The summed E-state index contributed by atoms with van der Waals surface area (Å²) in [5, 5.41) is 11.2. The van der Waals surface area contributed by atoms with E-state index in [9.17, 15) is 23.5 Å². The third kappa shape index (κ3) is 3.52. The quantitative estimate of drug-likeness (QED) is 0.331. The number of amides is 1. The first kappa shape index (κ1) is 21.6. The van der Waals surface area contributed by atoms with E-state index in [1.54, 1.807) is 13.0 Å². The molecule has 0 bridgehead atoms. The molecule has 3 aromatic rings. The Kier molecular flexibility index (Phi) is 5.48.